The maximum Gasteiger partial charge on any atom is 0.266 e. The number of benzene rings is 4. The number of rotatable bonds is 9. The van der Waals surface area contributed by atoms with Crippen molar-refractivity contribution >= 4 is 38.7 Å². The van der Waals surface area contributed by atoms with Crippen LogP contribution in [-0.2, 0) is 16.6 Å². The summed E-state index contributed by atoms with van der Waals surface area (Å²) >= 11 is 0. The Balaban J connectivity index is 1.65. The molecule has 218 valence electrons. The zero-order valence-corrected chi connectivity index (χ0v) is 25.1. The highest BCUT2D eigenvalue weighted by Crippen LogP contribution is 2.36. The van der Waals surface area contributed by atoms with Crippen molar-refractivity contribution in [1.29, 1.82) is 0 Å². The Kier molecular flexibility index (Phi) is 8.80. The van der Waals surface area contributed by atoms with Crippen LogP contribution >= 0.6 is 0 Å². The van der Waals surface area contributed by atoms with Gasteiger partial charge in [-0.25, -0.2) is 8.42 Å². The van der Waals surface area contributed by atoms with Crippen molar-refractivity contribution in [3.05, 3.63) is 114 Å². The summed E-state index contributed by atoms with van der Waals surface area (Å²) in [6, 6.07) is 31.6. The lowest BCUT2D eigenvalue weighted by atomic mass is 10.1. The summed E-state index contributed by atoms with van der Waals surface area (Å²) in [5.41, 5.74) is 3.79. The van der Waals surface area contributed by atoms with Crippen molar-refractivity contribution in [2.24, 2.45) is 0 Å². The number of para-hydroxylation sites is 2. The molecular formula is C33H37N5O3S. The number of anilines is 4. The Morgan fingerprint density at radius 3 is 1.93 bits per heavy atom. The average molecular weight is 584 g/mol. The molecule has 0 unspecified atom stereocenters. The second-order valence-electron chi connectivity index (χ2n) is 10.5. The Morgan fingerprint density at radius 1 is 0.786 bits per heavy atom. The lowest BCUT2D eigenvalue weighted by Gasteiger charge is -2.36. The third kappa shape index (κ3) is 6.27. The Hall–Kier alpha value is -4.34. The number of amides is 1. The standard InChI is InChI=1S/C33H37N5O3S/c1-35-19-21-38(22-20-35)31-24-30(34-25-26-13-7-4-8-14-26)32(42(40,41)37(3)28-17-11-6-12-18-28)23-29(31)33(39)36(2)27-15-9-5-10-16-27/h4-18,23-24,34H,19-22,25H2,1-3H3. The van der Waals surface area contributed by atoms with Gasteiger partial charge in [0.25, 0.3) is 15.9 Å². The Morgan fingerprint density at radius 2 is 1.33 bits per heavy atom. The third-order valence-electron chi connectivity index (χ3n) is 7.70. The fraction of sp³-hybridized carbons (Fsp3) is 0.242. The van der Waals surface area contributed by atoms with E-state index in [2.05, 4.69) is 22.2 Å². The lowest BCUT2D eigenvalue weighted by molar-refractivity contribution is 0.0993. The minimum Gasteiger partial charge on any atom is -0.380 e. The van der Waals surface area contributed by atoms with Crippen molar-refractivity contribution in [1.82, 2.24) is 4.90 Å². The number of nitrogens with one attached hydrogen (secondary N) is 1. The van der Waals surface area contributed by atoms with Crippen molar-refractivity contribution in [2.75, 3.05) is 66.7 Å². The average Bonchev–Trinajstić information content (AvgIpc) is 3.04. The van der Waals surface area contributed by atoms with Crippen LogP contribution in [0.2, 0.25) is 0 Å². The van der Waals surface area contributed by atoms with Crippen LogP contribution in [0.5, 0.6) is 0 Å². The molecule has 0 bridgehead atoms. The molecule has 0 aliphatic carbocycles. The summed E-state index contributed by atoms with van der Waals surface area (Å²) in [7, 11) is 1.28. The van der Waals surface area contributed by atoms with Gasteiger partial charge in [-0.2, -0.15) is 0 Å². The highest BCUT2D eigenvalue weighted by molar-refractivity contribution is 7.93. The van der Waals surface area contributed by atoms with Gasteiger partial charge in [-0.3, -0.25) is 9.10 Å². The molecule has 1 aliphatic heterocycles. The number of hydrogen-bond acceptors (Lipinski definition) is 6. The van der Waals surface area contributed by atoms with Crippen LogP contribution in [0.3, 0.4) is 0 Å². The first-order valence-corrected chi connectivity index (χ1v) is 15.5. The van der Waals surface area contributed by atoms with E-state index in [1.165, 1.54) is 11.4 Å². The molecule has 0 radical (unpaired) electrons. The van der Waals surface area contributed by atoms with E-state index in [-0.39, 0.29) is 10.8 Å². The van der Waals surface area contributed by atoms with E-state index in [1.54, 1.807) is 42.3 Å². The molecule has 0 aromatic heterocycles. The van der Waals surface area contributed by atoms with E-state index in [0.717, 1.165) is 37.4 Å². The third-order valence-corrected chi connectivity index (χ3v) is 9.53. The fourth-order valence-electron chi connectivity index (χ4n) is 5.07. The van der Waals surface area contributed by atoms with Gasteiger partial charge >= 0.3 is 0 Å². The van der Waals surface area contributed by atoms with Crippen LogP contribution in [0.15, 0.2) is 108 Å². The molecule has 0 saturated carbocycles. The number of hydrogen-bond donors (Lipinski definition) is 1. The van der Waals surface area contributed by atoms with Gasteiger partial charge in [0.15, 0.2) is 0 Å². The normalized spacial score (nSPS) is 13.9. The molecule has 1 saturated heterocycles. The molecule has 0 atom stereocenters. The van der Waals surface area contributed by atoms with E-state index < -0.39 is 10.0 Å². The van der Waals surface area contributed by atoms with Gasteiger partial charge in [-0.05, 0) is 49.0 Å². The zero-order valence-electron chi connectivity index (χ0n) is 24.3. The van der Waals surface area contributed by atoms with E-state index in [1.807, 2.05) is 72.8 Å². The fourth-order valence-corrected chi connectivity index (χ4v) is 6.44. The van der Waals surface area contributed by atoms with E-state index >= 15 is 0 Å². The van der Waals surface area contributed by atoms with Crippen LogP contribution in [0, 0.1) is 0 Å². The summed E-state index contributed by atoms with van der Waals surface area (Å²) in [6.45, 7) is 3.55. The summed E-state index contributed by atoms with van der Waals surface area (Å²) in [6.07, 6.45) is 0. The monoisotopic (exact) mass is 583 g/mol. The van der Waals surface area contributed by atoms with Gasteiger partial charge in [0.05, 0.1) is 22.6 Å². The molecule has 1 fully saturated rings. The molecular weight excluding hydrogens is 546 g/mol. The maximum atomic E-state index is 14.3. The SMILES string of the molecule is CN1CCN(c2cc(NCc3ccccc3)c(S(=O)(=O)N(C)c3ccccc3)cc2C(=O)N(C)c2ccccc2)CC1. The van der Waals surface area contributed by atoms with E-state index in [0.29, 0.717) is 29.2 Å². The summed E-state index contributed by atoms with van der Waals surface area (Å²) < 4.78 is 29.8. The van der Waals surface area contributed by atoms with Crippen molar-refractivity contribution in [3.63, 3.8) is 0 Å². The molecule has 4 aromatic carbocycles. The summed E-state index contributed by atoms with van der Waals surface area (Å²) in [5.74, 6) is -0.274. The molecule has 42 heavy (non-hydrogen) atoms. The second-order valence-corrected chi connectivity index (χ2v) is 12.4. The van der Waals surface area contributed by atoms with Crippen LogP contribution in [-0.4, -0.2) is 66.5 Å². The molecule has 8 nitrogen and oxygen atoms in total. The van der Waals surface area contributed by atoms with Crippen LogP contribution < -0.4 is 19.4 Å². The second kappa shape index (κ2) is 12.7. The van der Waals surface area contributed by atoms with Gasteiger partial charge in [-0.15, -0.1) is 0 Å². The predicted molar refractivity (Wildman–Crippen MR) is 171 cm³/mol. The molecule has 1 N–H and O–H groups in total. The number of likely N-dealkylation sites (N-methyl/N-ethyl adjacent to an activating group) is 1. The van der Waals surface area contributed by atoms with Gasteiger partial charge in [0.2, 0.25) is 0 Å². The number of piperazine rings is 1. The van der Waals surface area contributed by atoms with Crippen molar-refractivity contribution in [2.45, 2.75) is 11.4 Å². The highest BCUT2D eigenvalue weighted by atomic mass is 32.2. The first-order valence-electron chi connectivity index (χ1n) is 14.0. The minimum absolute atomic E-state index is 0.0486. The van der Waals surface area contributed by atoms with E-state index in [4.69, 9.17) is 0 Å². The number of nitrogens with zero attached hydrogens (tertiary/aromatic N) is 4. The predicted octanol–water partition coefficient (Wildman–Crippen LogP) is 5.15. The van der Waals surface area contributed by atoms with Crippen molar-refractivity contribution < 1.29 is 13.2 Å². The van der Waals surface area contributed by atoms with Crippen LogP contribution in [0.4, 0.5) is 22.7 Å². The van der Waals surface area contributed by atoms with Gasteiger partial charge in [-0.1, -0.05) is 66.7 Å². The highest BCUT2D eigenvalue weighted by Gasteiger charge is 2.31. The summed E-state index contributed by atoms with van der Waals surface area (Å²) in [4.78, 5) is 20.2. The van der Waals surface area contributed by atoms with E-state index in [9.17, 15) is 13.2 Å². The quantitative estimate of drug-likeness (QED) is 0.294. The summed E-state index contributed by atoms with van der Waals surface area (Å²) in [5, 5.41) is 3.39. The van der Waals surface area contributed by atoms with Crippen molar-refractivity contribution in [3.8, 4) is 0 Å². The van der Waals surface area contributed by atoms with Crippen LogP contribution in [0.25, 0.3) is 0 Å². The zero-order chi connectivity index (χ0) is 29.7. The van der Waals surface area contributed by atoms with Gasteiger partial charge in [0.1, 0.15) is 4.90 Å². The first-order chi connectivity index (χ1) is 20.3. The minimum atomic E-state index is -4.06. The lowest BCUT2D eigenvalue weighted by Crippen LogP contribution is -2.45. The van der Waals surface area contributed by atoms with Gasteiger partial charge in [0, 0.05) is 52.5 Å². The Bertz CT molecular complexity index is 1610. The van der Waals surface area contributed by atoms with Gasteiger partial charge < -0.3 is 20.0 Å². The molecule has 1 aliphatic rings. The smallest absolute Gasteiger partial charge is 0.266 e. The number of carbonyl (C=O) groups is 1. The molecule has 1 heterocycles. The first kappa shape index (κ1) is 29.2. The molecule has 9 heteroatoms. The topological polar surface area (TPSA) is 76.2 Å². The molecule has 4 aromatic rings. The van der Waals surface area contributed by atoms with Crippen LogP contribution in [0.1, 0.15) is 15.9 Å². The maximum absolute atomic E-state index is 14.3. The molecule has 0 spiro atoms. The largest absolute Gasteiger partial charge is 0.380 e. The molecule has 5 rings (SSSR count). The Labute approximate surface area is 248 Å². The number of carbonyl (C=O) groups excluding carboxylic acids is 1. The number of sulfonamides is 1. The molecule has 1 amide bonds.